The van der Waals surface area contributed by atoms with Crippen molar-refractivity contribution in [2.24, 2.45) is 16.2 Å². The molecule has 0 aromatic heterocycles. The van der Waals surface area contributed by atoms with E-state index in [1.165, 1.54) is 5.56 Å². The van der Waals surface area contributed by atoms with E-state index in [-0.39, 0.29) is 0 Å². The van der Waals surface area contributed by atoms with Gasteiger partial charge in [-0.05, 0) is 49.9 Å². The number of benzene rings is 2. The van der Waals surface area contributed by atoms with E-state index >= 15 is 0 Å². The molecule has 28 heavy (non-hydrogen) atoms. The summed E-state index contributed by atoms with van der Waals surface area (Å²) in [4.78, 5) is 10.6. The van der Waals surface area contributed by atoms with Gasteiger partial charge in [0.05, 0.1) is 24.6 Å². The molecule has 2 aromatic rings. The van der Waals surface area contributed by atoms with Crippen LogP contribution in [0.15, 0.2) is 52.8 Å². The summed E-state index contributed by atoms with van der Waals surface area (Å²) in [6.07, 6.45) is 1.05. The van der Waals surface area contributed by atoms with Gasteiger partial charge in [0.2, 0.25) is 0 Å². The maximum absolute atomic E-state index is 5.71. The summed E-state index contributed by atoms with van der Waals surface area (Å²) < 4.78 is 5.27. The lowest BCUT2D eigenvalue weighted by Crippen LogP contribution is -2.29. The molecule has 5 heteroatoms. The van der Waals surface area contributed by atoms with Crippen molar-refractivity contribution in [3.05, 3.63) is 70.3 Å². The van der Waals surface area contributed by atoms with Crippen molar-refractivity contribution in [1.82, 2.24) is 0 Å². The number of ether oxygens (including phenoxy) is 1. The first-order chi connectivity index (χ1) is 13.6. The Morgan fingerprint density at radius 3 is 2.57 bits per heavy atom. The predicted molar refractivity (Wildman–Crippen MR) is 112 cm³/mol. The van der Waals surface area contributed by atoms with Crippen LogP contribution < -0.4 is 0 Å². The highest BCUT2D eigenvalue weighted by atomic mass is 16.6. The highest BCUT2D eigenvalue weighted by Gasteiger charge is 2.18. The van der Waals surface area contributed by atoms with E-state index < -0.39 is 0 Å². The van der Waals surface area contributed by atoms with E-state index in [1.54, 1.807) is 7.11 Å². The van der Waals surface area contributed by atoms with Gasteiger partial charge in [-0.1, -0.05) is 46.7 Å². The Kier molecular flexibility index (Phi) is 6.82. The van der Waals surface area contributed by atoms with Crippen molar-refractivity contribution >= 4 is 11.4 Å². The fraction of sp³-hybridized carbons (Fsp3) is 0.391. The van der Waals surface area contributed by atoms with Gasteiger partial charge >= 0.3 is 0 Å². The van der Waals surface area contributed by atoms with E-state index in [1.807, 2.05) is 26.0 Å². The lowest BCUT2D eigenvalue weighted by molar-refractivity contribution is -0.0312. The highest BCUT2D eigenvalue weighted by molar-refractivity contribution is 6.00. The van der Waals surface area contributed by atoms with Crippen molar-refractivity contribution < 1.29 is 14.4 Å². The van der Waals surface area contributed by atoms with Gasteiger partial charge in [0.25, 0.3) is 0 Å². The van der Waals surface area contributed by atoms with Crippen LogP contribution in [0.3, 0.4) is 0 Å². The minimum absolute atomic E-state index is 0.384. The van der Waals surface area contributed by atoms with E-state index in [0.29, 0.717) is 12.5 Å². The molecule has 0 spiro atoms. The van der Waals surface area contributed by atoms with Crippen LogP contribution in [0.4, 0.5) is 0 Å². The van der Waals surface area contributed by atoms with Crippen LogP contribution in [0.25, 0.3) is 0 Å². The monoisotopic (exact) mass is 380 g/mol. The lowest BCUT2D eigenvalue weighted by Gasteiger charge is -2.26. The summed E-state index contributed by atoms with van der Waals surface area (Å²) in [5.74, 6) is 0.639. The summed E-state index contributed by atoms with van der Waals surface area (Å²) in [7, 11) is 1.55. The molecule has 3 rings (SSSR count). The van der Waals surface area contributed by atoms with Gasteiger partial charge in [0.15, 0.2) is 0 Å². The molecule has 148 valence electrons. The number of oxime groups is 2. The van der Waals surface area contributed by atoms with Crippen LogP contribution in [0.2, 0.25) is 0 Å². The molecule has 0 bridgehead atoms. The van der Waals surface area contributed by atoms with E-state index in [9.17, 15) is 0 Å². The zero-order chi connectivity index (χ0) is 19.9. The molecule has 0 aliphatic carbocycles. The van der Waals surface area contributed by atoms with Crippen LogP contribution in [0, 0.1) is 12.8 Å². The Balaban J connectivity index is 1.69. The van der Waals surface area contributed by atoms with Gasteiger partial charge in [-0.15, -0.1) is 0 Å². The Labute approximate surface area is 167 Å². The number of hydrogen-bond donors (Lipinski definition) is 0. The zero-order valence-corrected chi connectivity index (χ0v) is 17.1. The fourth-order valence-electron chi connectivity index (χ4n) is 3.32. The Morgan fingerprint density at radius 1 is 1.07 bits per heavy atom. The summed E-state index contributed by atoms with van der Waals surface area (Å²) in [5, 5.41) is 8.40. The molecule has 2 aromatic carbocycles. The Morgan fingerprint density at radius 2 is 1.86 bits per heavy atom. The molecule has 0 saturated carbocycles. The Bertz CT molecular complexity index is 870. The lowest BCUT2D eigenvalue weighted by atomic mass is 9.96. The van der Waals surface area contributed by atoms with Crippen molar-refractivity contribution in [1.29, 1.82) is 0 Å². The molecule has 1 saturated heterocycles. The van der Waals surface area contributed by atoms with Crippen molar-refractivity contribution in [3.8, 4) is 0 Å². The van der Waals surface area contributed by atoms with Crippen LogP contribution in [-0.4, -0.2) is 31.7 Å². The molecular formula is C23H28N2O3. The number of nitrogens with zero attached hydrogens (tertiary/aromatic N) is 2. The van der Waals surface area contributed by atoms with Gasteiger partial charge in [-0.3, -0.25) is 0 Å². The van der Waals surface area contributed by atoms with Crippen LogP contribution in [0.5, 0.6) is 0 Å². The Hall–Kier alpha value is -2.66. The molecule has 1 heterocycles. The van der Waals surface area contributed by atoms with Crippen LogP contribution in [0.1, 0.15) is 41.7 Å². The van der Waals surface area contributed by atoms with Crippen molar-refractivity contribution in [2.75, 3.05) is 20.3 Å². The fourth-order valence-corrected chi connectivity index (χ4v) is 3.32. The second-order valence-corrected chi connectivity index (χ2v) is 7.22. The van der Waals surface area contributed by atoms with Crippen molar-refractivity contribution in [2.45, 2.75) is 33.8 Å². The largest absolute Gasteiger partial charge is 0.399 e. The van der Waals surface area contributed by atoms with Gasteiger partial charge in [0, 0.05) is 17.0 Å². The summed E-state index contributed by atoms with van der Waals surface area (Å²) in [5.41, 5.74) is 7.30. The molecule has 1 fully saturated rings. The molecule has 0 unspecified atom stereocenters. The average molecular weight is 380 g/mol. The molecule has 1 aliphatic heterocycles. The molecule has 0 amide bonds. The quantitative estimate of drug-likeness (QED) is 0.501. The second kappa shape index (κ2) is 9.51. The average Bonchev–Trinajstić information content (AvgIpc) is 2.66. The normalized spacial score (nSPS) is 15.3. The van der Waals surface area contributed by atoms with Gasteiger partial charge in [-0.2, -0.15) is 0 Å². The maximum atomic E-state index is 5.71. The molecule has 0 radical (unpaired) electrons. The summed E-state index contributed by atoms with van der Waals surface area (Å²) >= 11 is 0. The van der Waals surface area contributed by atoms with E-state index in [0.717, 1.165) is 53.3 Å². The SMILES string of the molecule is CO/N=C(/C)c1cccc(C)c1CO/N=C(\C)c1cccc(CC2COC2)c1. The van der Waals surface area contributed by atoms with Crippen molar-refractivity contribution in [3.63, 3.8) is 0 Å². The minimum Gasteiger partial charge on any atom is -0.399 e. The maximum Gasteiger partial charge on any atom is 0.143 e. The first-order valence-corrected chi connectivity index (χ1v) is 9.58. The molecule has 0 N–H and O–H groups in total. The number of rotatable bonds is 8. The van der Waals surface area contributed by atoms with Gasteiger partial charge < -0.3 is 14.4 Å². The van der Waals surface area contributed by atoms with Crippen LogP contribution >= 0.6 is 0 Å². The predicted octanol–water partition coefficient (Wildman–Crippen LogP) is 4.50. The smallest absolute Gasteiger partial charge is 0.143 e. The van der Waals surface area contributed by atoms with E-state index in [2.05, 4.69) is 47.6 Å². The first kappa shape index (κ1) is 20.1. The number of aryl methyl sites for hydroxylation is 1. The zero-order valence-electron chi connectivity index (χ0n) is 17.1. The summed E-state index contributed by atoms with van der Waals surface area (Å²) in [6, 6.07) is 14.6. The first-order valence-electron chi connectivity index (χ1n) is 9.58. The number of hydrogen-bond acceptors (Lipinski definition) is 5. The van der Waals surface area contributed by atoms with E-state index in [4.69, 9.17) is 14.4 Å². The standard InChI is InChI=1S/C23H28N2O3/c1-16-7-5-10-22(18(3)24-26-4)23(16)15-28-25-17(2)21-9-6-8-19(12-21)11-20-13-27-14-20/h5-10,12,20H,11,13-15H2,1-4H3/b24-18-,25-17+. The minimum atomic E-state index is 0.384. The van der Waals surface area contributed by atoms with Gasteiger partial charge in [-0.25, -0.2) is 0 Å². The summed E-state index contributed by atoms with van der Waals surface area (Å²) in [6.45, 7) is 8.08. The van der Waals surface area contributed by atoms with Gasteiger partial charge in [0.1, 0.15) is 13.7 Å². The topological polar surface area (TPSA) is 52.4 Å². The molecular weight excluding hydrogens is 352 g/mol. The third-order valence-corrected chi connectivity index (χ3v) is 5.01. The molecule has 5 nitrogen and oxygen atoms in total. The third kappa shape index (κ3) is 4.98. The third-order valence-electron chi connectivity index (χ3n) is 5.01. The van der Waals surface area contributed by atoms with Crippen LogP contribution in [-0.2, 0) is 27.4 Å². The highest BCUT2D eigenvalue weighted by Crippen LogP contribution is 2.19. The molecule has 1 aliphatic rings. The second-order valence-electron chi connectivity index (χ2n) is 7.22. The molecule has 0 atom stereocenters.